The van der Waals surface area contributed by atoms with E-state index in [9.17, 15) is 9.18 Å². The van der Waals surface area contributed by atoms with Crippen LogP contribution in [0.1, 0.15) is 16.8 Å². The fourth-order valence-electron chi connectivity index (χ4n) is 1.06. The molecule has 0 aliphatic rings. The number of rotatable bonds is 4. The van der Waals surface area contributed by atoms with Crippen molar-refractivity contribution >= 4 is 17.5 Å². The molecule has 1 aromatic carbocycles. The van der Waals surface area contributed by atoms with Crippen LogP contribution in [0.2, 0.25) is 5.02 Å². The highest BCUT2D eigenvalue weighted by Gasteiger charge is 2.10. The lowest BCUT2D eigenvalue weighted by Crippen LogP contribution is -2.25. The Kier molecular flexibility index (Phi) is 4.31. The first-order valence-electron chi connectivity index (χ1n) is 4.49. The zero-order chi connectivity index (χ0) is 11.3. The molecule has 0 radical (unpaired) electrons. The molecule has 4 heteroatoms. The second-order valence-corrected chi connectivity index (χ2v) is 3.39. The van der Waals surface area contributed by atoms with Gasteiger partial charge in [0.05, 0.1) is 5.56 Å². The van der Waals surface area contributed by atoms with Gasteiger partial charge < -0.3 is 5.32 Å². The summed E-state index contributed by atoms with van der Waals surface area (Å²) >= 11 is 5.56. The molecule has 0 saturated heterocycles. The van der Waals surface area contributed by atoms with Crippen LogP contribution in [0.25, 0.3) is 0 Å². The van der Waals surface area contributed by atoms with Gasteiger partial charge in [-0.1, -0.05) is 17.7 Å². The Morgan fingerprint density at radius 3 is 2.93 bits per heavy atom. The van der Waals surface area contributed by atoms with Crippen molar-refractivity contribution in [2.24, 2.45) is 0 Å². The molecule has 0 aliphatic heterocycles. The number of hydrogen-bond donors (Lipinski definition) is 1. The minimum Gasteiger partial charge on any atom is -0.352 e. The molecule has 0 fully saturated rings. The van der Waals surface area contributed by atoms with Crippen LogP contribution in [0.3, 0.4) is 0 Å². The first-order valence-corrected chi connectivity index (χ1v) is 4.87. The third-order valence-electron chi connectivity index (χ3n) is 1.81. The second-order valence-electron chi connectivity index (χ2n) is 2.96. The topological polar surface area (TPSA) is 29.1 Å². The van der Waals surface area contributed by atoms with Crippen LogP contribution in [0.4, 0.5) is 4.39 Å². The Bertz CT molecular complexity index is 379. The minimum atomic E-state index is -0.612. The van der Waals surface area contributed by atoms with E-state index in [1.165, 1.54) is 12.1 Å². The van der Waals surface area contributed by atoms with Crippen molar-refractivity contribution in [3.63, 3.8) is 0 Å². The Labute approximate surface area is 92.7 Å². The summed E-state index contributed by atoms with van der Waals surface area (Å²) in [5.74, 6) is -1.05. The summed E-state index contributed by atoms with van der Waals surface area (Å²) in [5.41, 5.74) is 0.00321. The summed E-state index contributed by atoms with van der Waals surface area (Å²) in [5, 5.41) is 2.84. The van der Waals surface area contributed by atoms with E-state index in [1.54, 1.807) is 6.08 Å². The second kappa shape index (κ2) is 5.51. The molecule has 15 heavy (non-hydrogen) atoms. The zero-order valence-corrected chi connectivity index (χ0v) is 8.85. The van der Waals surface area contributed by atoms with E-state index in [0.29, 0.717) is 13.0 Å². The lowest BCUT2D eigenvalue weighted by Gasteiger charge is -2.04. The van der Waals surface area contributed by atoms with Crippen LogP contribution in [-0.4, -0.2) is 12.5 Å². The van der Waals surface area contributed by atoms with Crippen molar-refractivity contribution in [2.45, 2.75) is 6.42 Å². The van der Waals surface area contributed by atoms with Gasteiger partial charge in [-0.3, -0.25) is 4.79 Å². The van der Waals surface area contributed by atoms with Gasteiger partial charge >= 0.3 is 0 Å². The van der Waals surface area contributed by atoms with Gasteiger partial charge in [0.2, 0.25) is 0 Å². The molecule has 80 valence electrons. The molecule has 0 spiro atoms. The highest BCUT2D eigenvalue weighted by Crippen LogP contribution is 2.14. The van der Waals surface area contributed by atoms with Crippen molar-refractivity contribution < 1.29 is 9.18 Å². The molecule has 0 bridgehead atoms. The number of amides is 1. The predicted octanol–water partition coefficient (Wildman–Crippen LogP) is 2.79. The fraction of sp³-hybridized carbons (Fsp3) is 0.182. The van der Waals surface area contributed by atoms with Crippen molar-refractivity contribution in [3.05, 3.63) is 47.3 Å². The molecule has 0 atom stereocenters. The smallest absolute Gasteiger partial charge is 0.254 e. The van der Waals surface area contributed by atoms with E-state index >= 15 is 0 Å². The van der Waals surface area contributed by atoms with E-state index in [-0.39, 0.29) is 10.6 Å². The number of hydrogen-bond acceptors (Lipinski definition) is 1. The molecule has 0 aromatic heterocycles. The van der Waals surface area contributed by atoms with Gasteiger partial charge in [-0.25, -0.2) is 4.39 Å². The Balaban J connectivity index is 2.69. The summed E-state index contributed by atoms with van der Waals surface area (Å²) in [6.45, 7) is 3.97. The SMILES string of the molecule is C=CCCNC(=O)c1ccc(Cl)cc1F. The first kappa shape index (κ1) is 11.7. The maximum Gasteiger partial charge on any atom is 0.254 e. The van der Waals surface area contributed by atoms with E-state index < -0.39 is 11.7 Å². The highest BCUT2D eigenvalue weighted by atomic mass is 35.5. The maximum atomic E-state index is 13.2. The van der Waals surface area contributed by atoms with Crippen molar-refractivity contribution in [3.8, 4) is 0 Å². The average molecular weight is 228 g/mol. The zero-order valence-electron chi connectivity index (χ0n) is 8.09. The molecule has 0 saturated carbocycles. The third kappa shape index (κ3) is 3.36. The third-order valence-corrected chi connectivity index (χ3v) is 2.04. The van der Waals surface area contributed by atoms with Crippen LogP contribution in [0.5, 0.6) is 0 Å². The van der Waals surface area contributed by atoms with Gasteiger partial charge in [0, 0.05) is 11.6 Å². The van der Waals surface area contributed by atoms with Gasteiger partial charge in [-0.15, -0.1) is 6.58 Å². The number of halogens is 2. The van der Waals surface area contributed by atoms with Crippen LogP contribution >= 0.6 is 11.6 Å². The summed E-state index contributed by atoms with van der Waals surface area (Å²) in [6, 6.07) is 3.96. The first-order chi connectivity index (χ1) is 7.15. The summed E-state index contributed by atoms with van der Waals surface area (Å²) < 4.78 is 13.2. The maximum absolute atomic E-state index is 13.2. The van der Waals surface area contributed by atoms with Crippen LogP contribution in [0, 0.1) is 5.82 Å². The summed E-state index contributed by atoms with van der Waals surface area (Å²) in [7, 11) is 0. The fourth-order valence-corrected chi connectivity index (χ4v) is 1.22. The predicted molar refractivity (Wildman–Crippen MR) is 58.6 cm³/mol. The monoisotopic (exact) mass is 227 g/mol. The quantitative estimate of drug-likeness (QED) is 0.622. The molecule has 1 amide bonds. The van der Waals surface area contributed by atoms with E-state index in [4.69, 9.17) is 11.6 Å². The van der Waals surface area contributed by atoms with E-state index in [1.807, 2.05) is 0 Å². The van der Waals surface area contributed by atoms with Gasteiger partial charge in [0.25, 0.3) is 5.91 Å². The van der Waals surface area contributed by atoms with Crippen molar-refractivity contribution in [1.29, 1.82) is 0 Å². The average Bonchev–Trinajstić information content (AvgIpc) is 2.17. The molecule has 1 N–H and O–H groups in total. The Morgan fingerprint density at radius 2 is 2.33 bits per heavy atom. The van der Waals surface area contributed by atoms with Crippen LogP contribution in [-0.2, 0) is 0 Å². The molecule has 0 heterocycles. The largest absolute Gasteiger partial charge is 0.352 e. The summed E-state index contributed by atoms with van der Waals surface area (Å²) in [4.78, 5) is 11.4. The molecule has 1 rings (SSSR count). The van der Waals surface area contributed by atoms with E-state index in [0.717, 1.165) is 6.07 Å². The molecule has 1 aromatic rings. The molecular formula is C11H11ClFNO. The number of carbonyl (C=O) groups excluding carboxylic acids is 1. The number of carbonyl (C=O) groups is 1. The number of benzene rings is 1. The van der Waals surface area contributed by atoms with Crippen molar-refractivity contribution in [2.75, 3.05) is 6.54 Å². The van der Waals surface area contributed by atoms with Crippen LogP contribution < -0.4 is 5.32 Å². The van der Waals surface area contributed by atoms with Crippen LogP contribution in [0.15, 0.2) is 30.9 Å². The molecule has 0 aliphatic carbocycles. The van der Waals surface area contributed by atoms with Gasteiger partial charge in [-0.05, 0) is 24.6 Å². The standard InChI is InChI=1S/C11H11ClFNO/c1-2-3-6-14-11(15)9-5-4-8(12)7-10(9)13/h2,4-5,7H,1,3,6H2,(H,14,15). The Morgan fingerprint density at radius 1 is 1.60 bits per heavy atom. The molecular weight excluding hydrogens is 217 g/mol. The van der Waals surface area contributed by atoms with Crippen molar-refractivity contribution in [1.82, 2.24) is 5.32 Å². The van der Waals surface area contributed by atoms with Gasteiger partial charge in [0.15, 0.2) is 0 Å². The van der Waals surface area contributed by atoms with Gasteiger partial charge in [-0.2, -0.15) is 0 Å². The molecule has 2 nitrogen and oxygen atoms in total. The molecule has 0 unspecified atom stereocenters. The normalized spacial score (nSPS) is 9.73. The lowest BCUT2D eigenvalue weighted by atomic mass is 10.2. The van der Waals surface area contributed by atoms with Gasteiger partial charge in [0.1, 0.15) is 5.82 Å². The lowest BCUT2D eigenvalue weighted by molar-refractivity contribution is 0.0950. The van der Waals surface area contributed by atoms with E-state index in [2.05, 4.69) is 11.9 Å². The minimum absolute atomic E-state index is 0.00321. The highest BCUT2D eigenvalue weighted by molar-refractivity contribution is 6.30. The summed E-state index contributed by atoms with van der Waals surface area (Å²) in [6.07, 6.45) is 2.33. The Hall–Kier alpha value is -1.35. The number of nitrogens with one attached hydrogen (secondary N) is 1.